The number of ether oxygens (including phenoxy) is 2. The lowest BCUT2D eigenvalue weighted by Crippen LogP contribution is -2.59. The third-order valence-corrected chi connectivity index (χ3v) is 5.34. The Balaban J connectivity index is 2.19. The second-order valence-corrected chi connectivity index (χ2v) is 8.59. The third kappa shape index (κ3) is 10.6. The smallest absolute Gasteiger partial charge is 0.387 e. The zero-order valence-corrected chi connectivity index (χ0v) is 17.6. The third-order valence-electron chi connectivity index (χ3n) is 4.86. The molecule has 0 spiro atoms. The Bertz CT molecular complexity index is 445. The first-order chi connectivity index (χ1) is 13.3. The molecular formula is C18H37O9P. The molecule has 28 heavy (non-hydrogen) atoms. The average Bonchev–Trinajstić information content (AvgIpc) is 2.64. The first-order valence-electron chi connectivity index (χ1n) is 10.3. The summed E-state index contributed by atoms with van der Waals surface area (Å²) in [4.78, 5) is 17.5. The predicted octanol–water partition coefficient (Wildman–Crippen LogP) is 1.84. The molecule has 1 aliphatic heterocycles. The number of phosphoric acid groups is 1. The highest BCUT2D eigenvalue weighted by Gasteiger charge is 2.44. The number of unbranched alkanes of at least 4 members (excludes halogenated alkanes) is 9. The summed E-state index contributed by atoms with van der Waals surface area (Å²) in [6.45, 7) is 1.89. The molecule has 0 unspecified atom stereocenters. The molecule has 1 aliphatic rings. The van der Waals surface area contributed by atoms with E-state index < -0.39 is 45.1 Å². The topological polar surface area (TPSA) is 146 Å². The van der Waals surface area contributed by atoms with Gasteiger partial charge >= 0.3 is 7.82 Å². The van der Waals surface area contributed by atoms with Crippen LogP contribution in [0.1, 0.15) is 71.1 Å². The number of phosphoric ester groups is 1. The molecule has 0 bridgehead atoms. The van der Waals surface area contributed by atoms with Crippen molar-refractivity contribution in [3.8, 4) is 0 Å². The molecule has 10 heteroatoms. The fourth-order valence-electron chi connectivity index (χ4n) is 3.15. The van der Waals surface area contributed by atoms with E-state index in [2.05, 4.69) is 11.4 Å². The van der Waals surface area contributed by atoms with E-state index in [1.165, 1.54) is 44.9 Å². The van der Waals surface area contributed by atoms with Gasteiger partial charge in [0.2, 0.25) is 0 Å². The number of aliphatic hydroxyl groups excluding tert-OH is 3. The van der Waals surface area contributed by atoms with E-state index in [0.717, 1.165) is 19.3 Å². The summed E-state index contributed by atoms with van der Waals surface area (Å²) in [6.07, 6.45) is 4.76. The Kier molecular flexibility index (Phi) is 13.0. The summed E-state index contributed by atoms with van der Waals surface area (Å²) in [5, 5.41) is 29.7. The van der Waals surface area contributed by atoms with Gasteiger partial charge in [-0.2, -0.15) is 0 Å². The molecule has 5 N–H and O–H groups in total. The summed E-state index contributed by atoms with van der Waals surface area (Å²) in [7, 11) is -4.74. The van der Waals surface area contributed by atoms with E-state index in [9.17, 15) is 19.9 Å². The lowest BCUT2D eigenvalue weighted by molar-refractivity contribution is -0.300. The van der Waals surface area contributed by atoms with Gasteiger partial charge in [0.1, 0.15) is 24.4 Å². The van der Waals surface area contributed by atoms with Crippen molar-refractivity contribution < 1.29 is 43.7 Å². The number of rotatable bonds is 15. The first kappa shape index (κ1) is 25.9. The zero-order valence-electron chi connectivity index (χ0n) is 16.7. The van der Waals surface area contributed by atoms with Crippen LogP contribution in [-0.4, -0.2) is 69.0 Å². The van der Waals surface area contributed by atoms with Crippen LogP contribution < -0.4 is 0 Å². The van der Waals surface area contributed by atoms with Gasteiger partial charge in [-0.05, 0) is 6.42 Å². The fraction of sp³-hybridized carbons (Fsp3) is 1.00. The van der Waals surface area contributed by atoms with Crippen molar-refractivity contribution in [1.29, 1.82) is 0 Å². The van der Waals surface area contributed by atoms with Crippen molar-refractivity contribution in [3.05, 3.63) is 0 Å². The molecule has 0 aromatic heterocycles. The van der Waals surface area contributed by atoms with Gasteiger partial charge in [-0.15, -0.1) is 0 Å². The summed E-state index contributed by atoms with van der Waals surface area (Å²) < 4.78 is 25.9. The van der Waals surface area contributed by atoms with Crippen molar-refractivity contribution >= 4 is 7.82 Å². The lowest BCUT2D eigenvalue weighted by atomic mass is 9.99. The van der Waals surface area contributed by atoms with Gasteiger partial charge in [-0.25, -0.2) is 4.57 Å². The highest BCUT2D eigenvalue weighted by molar-refractivity contribution is 7.46. The van der Waals surface area contributed by atoms with Gasteiger partial charge in [0, 0.05) is 6.61 Å². The maximum Gasteiger partial charge on any atom is 0.469 e. The zero-order chi connectivity index (χ0) is 21.0. The maximum absolute atomic E-state index is 10.8. The van der Waals surface area contributed by atoms with E-state index in [4.69, 9.17) is 19.3 Å². The van der Waals surface area contributed by atoms with Gasteiger partial charge in [0.25, 0.3) is 0 Å². The molecule has 0 aliphatic carbocycles. The molecule has 1 heterocycles. The van der Waals surface area contributed by atoms with Crippen LogP contribution in [0.4, 0.5) is 0 Å². The van der Waals surface area contributed by atoms with Gasteiger partial charge in [-0.3, -0.25) is 4.52 Å². The van der Waals surface area contributed by atoms with E-state index in [1.54, 1.807) is 0 Å². The second-order valence-electron chi connectivity index (χ2n) is 7.35. The van der Waals surface area contributed by atoms with Crippen molar-refractivity contribution in [2.75, 3.05) is 13.2 Å². The van der Waals surface area contributed by atoms with E-state index in [-0.39, 0.29) is 0 Å². The van der Waals surface area contributed by atoms with Gasteiger partial charge in [0.15, 0.2) is 6.29 Å². The highest BCUT2D eigenvalue weighted by Crippen LogP contribution is 2.37. The molecular weight excluding hydrogens is 391 g/mol. The Morgan fingerprint density at radius 2 is 1.36 bits per heavy atom. The van der Waals surface area contributed by atoms with E-state index in [1.807, 2.05) is 0 Å². The normalized spacial score (nSPS) is 28.6. The standard InChI is InChI=1S/C18H37O9P/c1-2-3-4-5-6-7-8-9-10-11-12-25-18-17(21)16(20)15(19)14(27-18)13-26-28(22,23)24/h14-21H,2-13H2,1H3,(H2,22,23,24)/t14-,15-,16+,17-,18-/m1/s1. The Morgan fingerprint density at radius 3 is 1.89 bits per heavy atom. The van der Waals surface area contributed by atoms with Crippen LogP contribution in [0.3, 0.4) is 0 Å². The average molecular weight is 428 g/mol. The van der Waals surface area contributed by atoms with E-state index in [0.29, 0.717) is 6.61 Å². The lowest BCUT2D eigenvalue weighted by Gasteiger charge is -2.40. The molecule has 0 aromatic rings. The second kappa shape index (κ2) is 14.0. The molecule has 0 saturated carbocycles. The summed E-state index contributed by atoms with van der Waals surface area (Å²) in [5.41, 5.74) is 0. The number of hydrogen-bond acceptors (Lipinski definition) is 7. The van der Waals surface area contributed by atoms with Crippen LogP contribution in [0.2, 0.25) is 0 Å². The van der Waals surface area contributed by atoms with Crippen LogP contribution in [0.5, 0.6) is 0 Å². The molecule has 5 atom stereocenters. The van der Waals surface area contributed by atoms with Crippen LogP contribution in [0.15, 0.2) is 0 Å². The molecule has 0 radical (unpaired) electrons. The SMILES string of the molecule is CCCCCCCCCCCCO[C@@H]1O[C@H](COP(=O)(O)O)[C@@H](O)[C@H](O)[C@H]1O. The number of hydrogen-bond donors (Lipinski definition) is 5. The predicted molar refractivity (Wildman–Crippen MR) is 102 cm³/mol. The van der Waals surface area contributed by atoms with Crippen molar-refractivity contribution in [3.63, 3.8) is 0 Å². The largest absolute Gasteiger partial charge is 0.469 e. The minimum Gasteiger partial charge on any atom is -0.387 e. The van der Waals surface area contributed by atoms with Crippen LogP contribution in [-0.2, 0) is 18.6 Å². The molecule has 0 aromatic carbocycles. The van der Waals surface area contributed by atoms with Crippen LogP contribution in [0.25, 0.3) is 0 Å². The Morgan fingerprint density at radius 1 is 0.821 bits per heavy atom. The fourth-order valence-corrected chi connectivity index (χ4v) is 3.49. The molecule has 0 amide bonds. The summed E-state index contributed by atoms with van der Waals surface area (Å²) in [5.74, 6) is 0. The molecule has 1 rings (SSSR count). The summed E-state index contributed by atoms with van der Waals surface area (Å²) in [6, 6.07) is 0. The molecule has 1 fully saturated rings. The first-order valence-corrected chi connectivity index (χ1v) is 11.8. The Labute approximate surface area is 167 Å². The van der Waals surface area contributed by atoms with Crippen molar-refractivity contribution in [2.45, 2.75) is 102 Å². The minimum absolute atomic E-state index is 0.313. The summed E-state index contributed by atoms with van der Waals surface area (Å²) >= 11 is 0. The monoisotopic (exact) mass is 428 g/mol. The van der Waals surface area contributed by atoms with Crippen molar-refractivity contribution in [2.24, 2.45) is 0 Å². The molecule has 1 saturated heterocycles. The van der Waals surface area contributed by atoms with Gasteiger partial charge in [-0.1, -0.05) is 64.7 Å². The van der Waals surface area contributed by atoms with Gasteiger partial charge in [0.05, 0.1) is 6.61 Å². The van der Waals surface area contributed by atoms with Gasteiger partial charge < -0.3 is 34.6 Å². The highest BCUT2D eigenvalue weighted by atomic mass is 31.2. The quantitative estimate of drug-likeness (QED) is 0.195. The van der Waals surface area contributed by atoms with Crippen LogP contribution >= 0.6 is 7.82 Å². The maximum atomic E-state index is 10.8. The van der Waals surface area contributed by atoms with Crippen molar-refractivity contribution in [1.82, 2.24) is 0 Å². The molecule has 9 nitrogen and oxygen atoms in total. The Hall–Kier alpha value is -0.0900. The number of aliphatic hydroxyl groups is 3. The van der Waals surface area contributed by atoms with E-state index >= 15 is 0 Å². The molecule has 168 valence electrons. The minimum atomic E-state index is -4.74. The van der Waals surface area contributed by atoms with Crippen LogP contribution in [0, 0.1) is 0 Å².